The van der Waals surface area contributed by atoms with Gasteiger partial charge in [0.05, 0.1) is 6.04 Å². The molecule has 2 heterocycles. The van der Waals surface area contributed by atoms with E-state index in [-0.39, 0.29) is 11.9 Å². The molecule has 0 amide bonds. The van der Waals surface area contributed by atoms with Crippen LogP contribution in [0, 0.1) is 5.82 Å². The van der Waals surface area contributed by atoms with Crippen LogP contribution in [0.15, 0.2) is 42.7 Å². The molecule has 1 aliphatic heterocycles. The smallest absolute Gasteiger partial charge is 0.125 e. The summed E-state index contributed by atoms with van der Waals surface area (Å²) in [7, 11) is 0. The van der Waals surface area contributed by atoms with Crippen molar-refractivity contribution in [2.75, 3.05) is 18.0 Å². The fraction of sp³-hybridized carbons (Fsp3) is 0.267. The predicted octanol–water partition coefficient (Wildman–Crippen LogP) is 2.28. The van der Waals surface area contributed by atoms with Crippen LogP contribution in [0.4, 0.5) is 10.1 Å². The molecule has 1 aliphatic rings. The van der Waals surface area contributed by atoms with Crippen molar-refractivity contribution in [3.63, 3.8) is 0 Å². The number of halogens is 1. The molecule has 1 atom stereocenters. The number of pyridine rings is 1. The third-order valence-electron chi connectivity index (χ3n) is 3.67. The van der Waals surface area contributed by atoms with Gasteiger partial charge in [0, 0.05) is 31.2 Å². The van der Waals surface area contributed by atoms with Crippen molar-refractivity contribution in [3.05, 3.63) is 59.7 Å². The molecule has 4 heteroatoms. The lowest BCUT2D eigenvalue weighted by Crippen LogP contribution is -2.32. The summed E-state index contributed by atoms with van der Waals surface area (Å²) in [6.45, 7) is 1.38. The first kappa shape index (κ1) is 12.1. The first-order valence-corrected chi connectivity index (χ1v) is 6.44. The molecule has 2 aromatic rings. The zero-order chi connectivity index (χ0) is 13.2. The van der Waals surface area contributed by atoms with Crippen LogP contribution >= 0.6 is 0 Å². The molecule has 1 aromatic heterocycles. The number of nitrogens with two attached hydrogens (primary N) is 1. The first-order chi connectivity index (χ1) is 9.29. The standard InChI is InChI=1S/C15H16FN3/c16-13-2-1-11-5-8-19(14(11)9-13)15(10-17)12-3-6-18-7-4-12/h1-4,6-7,9,15H,5,8,10,17H2. The minimum Gasteiger partial charge on any atom is -0.363 e. The first-order valence-electron chi connectivity index (χ1n) is 6.44. The number of nitrogens with zero attached hydrogens (tertiary/aromatic N) is 2. The quantitative estimate of drug-likeness (QED) is 0.917. The summed E-state index contributed by atoms with van der Waals surface area (Å²) in [5.74, 6) is -0.198. The highest BCUT2D eigenvalue weighted by atomic mass is 19.1. The third kappa shape index (κ3) is 2.19. The Labute approximate surface area is 111 Å². The highest BCUT2D eigenvalue weighted by Crippen LogP contribution is 2.35. The van der Waals surface area contributed by atoms with Crippen molar-refractivity contribution in [2.45, 2.75) is 12.5 Å². The number of anilines is 1. The molecule has 2 N–H and O–H groups in total. The number of hydrogen-bond donors (Lipinski definition) is 1. The Hall–Kier alpha value is -1.94. The Morgan fingerprint density at radius 1 is 1.26 bits per heavy atom. The average Bonchev–Trinajstić information content (AvgIpc) is 2.84. The molecule has 0 saturated heterocycles. The summed E-state index contributed by atoms with van der Waals surface area (Å²) in [6.07, 6.45) is 4.47. The fourth-order valence-corrected chi connectivity index (χ4v) is 2.73. The fourth-order valence-electron chi connectivity index (χ4n) is 2.73. The van der Waals surface area contributed by atoms with Crippen LogP contribution < -0.4 is 10.6 Å². The van der Waals surface area contributed by atoms with Gasteiger partial charge in [0.15, 0.2) is 0 Å². The van der Waals surface area contributed by atoms with Crippen LogP contribution in [0.3, 0.4) is 0 Å². The van der Waals surface area contributed by atoms with Crippen molar-refractivity contribution in [1.82, 2.24) is 4.98 Å². The largest absolute Gasteiger partial charge is 0.363 e. The molecule has 0 spiro atoms. The maximum Gasteiger partial charge on any atom is 0.125 e. The molecule has 3 rings (SSSR count). The maximum atomic E-state index is 13.4. The van der Waals surface area contributed by atoms with Crippen molar-refractivity contribution >= 4 is 5.69 Å². The number of fused-ring (bicyclic) bond motifs is 1. The molecule has 0 radical (unpaired) electrons. The van der Waals surface area contributed by atoms with Gasteiger partial charge < -0.3 is 10.6 Å². The van der Waals surface area contributed by atoms with Gasteiger partial charge in [-0.25, -0.2) is 4.39 Å². The summed E-state index contributed by atoms with van der Waals surface area (Å²) < 4.78 is 13.4. The summed E-state index contributed by atoms with van der Waals surface area (Å²) in [5, 5.41) is 0. The number of aromatic nitrogens is 1. The van der Waals surface area contributed by atoms with Crippen molar-refractivity contribution in [1.29, 1.82) is 0 Å². The Morgan fingerprint density at radius 3 is 2.79 bits per heavy atom. The number of rotatable bonds is 3. The van der Waals surface area contributed by atoms with Gasteiger partial charge in [0.25, 0.3) is 0 Å². The summed E-state index contributed by atoms with van der Waals surface area (Å²) in [6, 6.07) is 9.00. The maximum absolute atomic E-state index is 13.4. The topological polar surface area (TPSA) is 42.1 Å². The van der Waals surface area contributed by atoms with E-state index in [0.717, 1.165) is 24.2 Å². The van der Waals surface area contributed by atoms with Crippen molar-refractivity contribution in [2.24, 2.45) is 5.73 Å². The van der Waals surface area contributed by atoms with E-state index < -0.39 is 0 Å². The number of hydrogen-bond acceptors (Lipinski definition) is 3. The van der Waals surface area contributed by atoms with Crippen molar-refractivity contribution in [3.8, 4) is 0 Å². The Kier molecular flexibility index (Phi) is 3.17. The lowest BCUT2D eigenvalue weighted by molar-refractivity contribution is 0.621. The summed E-state index contributed by atoms with van der Waals surface area (Å²) in [5.41, 5.74) is 9.20. The molecule has 0 bridgehead atoms. The van der Waals surface area contributed by atoms with Crippen LogP contribution in [0.1, 0.15) is 17.2 Å². The molecule has 1 aromatic carbocycles. The zero-order valence-electron chi connectivity index (χ0n) is 10.6. The zero-order valence-corrected chi connectivity index (χ0v) is 10.6. The molecular formula is C15H16FN3. The molecule has 0 aliphatic carbocycles. The highest BCUT2D eigenvalue weighted by molar-refractivity contribution is 5.59. The van der Waals surface area contributed by atoms with Gasteiger partial charge in [-0.05, 0) is 41.8 Å². The van der Waals surface area contributed by atoms with Gasteiger partial charge >= 0.3 is 0 Å². The van der Waals surface area contributed by atoms with Gasteiger partial charge in [-0.2, -0.15) is 0 Å². The van der Waals surface area contributed by atoms with E-state index in [1.54, 1.807) is 18.5 Å². The normalized spacial score (nSPS) is 15.4. The van der Waals surface area contributed by atoms with Crippen LogP contribution in [0.2, 0.25) is 0 Å². The van der Waals surface area contributed by atoms with E-state index >= 15 is 0 Å². The summed E-state index contributed by atoms with van der Waals surface area (Å²) >= 11 is 0. The van der Waals surface area contributed by atoms with Gasteiger partial charge in [-0.15, -0.1) is 0 Å². The Balaban J connectivity index is 1.97. The van der Waals surface area contributed by atoms with Crippen LogP contribution in [-0.2, 0) is 6.42 Å². The van der Waals surface area contributed by atoms with Crippen LogP contribution in [-0.4, -0.2) is 18.1 Å². The van der Waals surface area contributed by atoms with Crippen LogP contribution in [0.25, 0.3) is 0 Å². The average molecular weight is 257 g/mol. The minimum atomic E-state index is -0.198. The lowest BCUT2D eigenvalue weighted by Gasteiger charge is -2.29. The van der Waals surface area contributed by atoms with E-state index in [4.69, 9.17) is 5.73 Å². The van der Waals surface area contributed by atoms with E-state index in [2.05, 4.69) is 9.88 Å². The SMILES string of the molecule is NCC(c1ccncc1)N1CCc2ccc(F)cc21. The van der Waals surface area contributed by atoms with Crippen LogP contribution in [0.5, 0.6) is 0 Å². The van der Waals surface area contributed by atoms with Gasteiger partial charge in [-0.3, -0.25) is 4.98 Å². The molecule has 0 fully saturated rings. The van der Waals surface area contributed by atoms with Gasteiger partial charge in [-0.1, -0.05) is 6.07 Å². The molecule has 1 unspecified atom stereocenters. The second-order valence-corrected chi connectivity index (χ2v) is 4.75. The monoisotopic (exact) mass is 257 g/mol. The van der Waals surface area contributed by atoms with Gasteiger partial charge in [0.2, 0.25) is 0 Å². The Bertz CT molecular complexity index is 571. The second kappa shape index (κ2) is 4.97. The Morgan fingerprint density at radius 2 is 2.05 bits per heavy atom. The van der Waals surface area contributed by atoms with Gasteiger partial charge in [0.1, 0.15) is 5.82 Å². The molecular weight excluding hydrogens is 241 g/mol. The highest BCUT2D eigenvalue weighted by Gasteiger charge is 2.26. The molecule has 98 valence electrons. The van der Waals surface area contributed by atoms with E-state index in [9.17, 15) is 4.39 Å². The lowest BCUT2D eigenvalue weighted by atomic mass is 10.1. The van der Waals surface area contributed by atoms with E-state index in [1.807, 2.05) is 18.2 Å². The minimum absolute atomic E-state index is 0.0750. The predicted molar refractivity (Wildman–Crippen MR) is 73.5 cm³/mol. The van der Waals surface area contributed by atoms with Crippen molar-refractivity contribution < 1.29 is 4.39 Å². The molecule has 3 nitrogen and oxygen atoms in total. The molecule has 0 saturated carbocycles. The van der Waals surface area contributed by atoms with E-state index in [1.165, 1.54) is 11.6 Å². The van der Waals surface area contributed by atoms with E-state index in [0.29, 0.717) is 6.54 Å². The summed E-state index contributed by atoms with van der Waals surface area (Å²) in [4.78, 5) is 6.22. The third-order valence-corrected chi connectivity index (χ3v) is 3.67. The number of benzene rings is 1. The second-order valence-electron chi connectivity index (χ2n) is 4.75. The molecule has 19 heavy (non-hydrogen) atoms.